The number of hydrogen-bond acceptors (Lipinski definition) is 32. The normalized spacial score (nSPS) is 14.1. The number of nitrogen functional groups attached to an aromatic ring is 1. The maximum atomic E-state index is 14.3. The molecule has 3 fully saturated rings. The predicted molar refractivity (Wildman–Crippen MR) is 532 cm³/mol. The van der Waals surface area contributed by atoms with Gasteiger partial charge < -0.3 is 59.8 Å². The van der Waals surface area contributed by atoms with Gasteiger partial charge in [0.25, 0.3) is 0 Å². The van der Waals surface area contributed by atoms with Gasteiger partial charge in [-0.15, -0.1) is 0 Å². The van der Waals surface area contributed by atoms with Crippen molar-refractivity contribution in [3.05, 3.63) is 283 Å². The second-order valence-electron chi connectivity index (χ2n) is 30.7. The quantitative estimate of drug-likeness (QED) is 0.0189. The average molecular weight is 1990 g/mol. The number of nitrogens with zero attached hydrogens (tertiary/aromatic N) is 24. The molecule has 36 nitrogen and oxygen atoms in total. The molecule has 3 aliphatic heterocycles. The number of imidazole rings is 4. The van der Waals surface area contributed by atoms with Gasteiger partial charge in [0.15, 0.2) is 27.7 Å². The Kier molecular flexibility index (Phi) is 36.0. The van der Waals surface area contributed by atoms with Crippen LogP contribution >= 0.6 is 27.5 Å². The SMILES string of the molecule is C=Cc1ccc(F)nc1.C=Cc1cnc(F)c(-c2nc(C)nc3c2ncn3C2CCCCO2)c1.C=Cc1cnc(F)c(B(O)O)c1.C=Cc1cnc(Nc2ccc(OC)nc2)c(-c2nc(C)nc3c2ncn3C2CCCCO2)c1.C=Cc1cnc(Nc2ccc(OC)nc2)c(-c2nc(C)nc3nc[nH]c23)c1.COc1ccc(N)cn1.Cc1nc(Cl)c2ncn(C3CCCCO3)c2n1.Fc1ccc(Br)cn1. The van der Waals surface area contributed by atoms with Crippen LogP contribution in [0.2, 0.25) is 5.15 Å². The summed E-state index contributed by atoms with van der Waals surface area (Å²) >= 11 is 9.16. The van der Waals surface area contributed by atoms with Gasteiger partial charge in [-0.3, -0.25) is 13.7 Å². The minimum absolute atomic E-state index is 0.0270. The molecule has 3 unspecified atom stereocenters. The first kappa shape index (κ1) is 102. The van der Waals surface area contributed by atoms with Gasteiger partial charge in [-0.05, 0) is 196 Å². The fourth-order valence-electron chi connectivity index (χ4n) is 14.1. The molecule has 3 saturated heterocycles. The van der Waals surface area contributed by atoms with Gasteiger partial charge in [-0.25, -0.2) is 105 Å². The number of anilines is 5. The van der Waals surface area contributed by atoms with E-state index in [0.29, 0.717) is 114 Å². The summed E-state index contributed by atoms with van der Waals surface area (Å²) in [5, 5.41) is 24.4. The largest absolute Gasteiger partial charge is 0.493 e. The van der Waals surface area contributed by atoms with Gasteiger partial charge in [0, 0.05) is 96.3 Å². The lowest BCUT2D eigenvalue weighted by atomic mass is 9.80. The number of pyridine rings is 9. The minimum atomic E-state index is -1.84. The van der Waals surface area contributed by atoms with Crippen molar-refractivity contribution in [3.8, 4) is 51.4 Å². The van der Waals surface area contributed by atoms with Crippen molar-refractivity contribution in [1.29, 1.82) is 0 Å². The van der Waals surface area contributed by atoms with E-state index in [1.165, 1.54) is 55.5 Å². The number of ether oxygens (including phenoxy) is 6. The van der Waals surface area contributed by atoms with E-state index >= 15 is 0 Å². The molecule has 0 bridgehead atoms. The Balaban J connectivity index is 0.000000141. The number of methoxy groups -OCH3 is 3. The lowest BCUT2D eigenvalue weighted by molar-refractivity contribution is -0.0299. The van der Waals surface area contributed by atoms with Crippen LogP contribution in [0.25, 0.3) is 109 Å². The summed E-state index contributed by atoms with van der Waals surface area (Å²) in [5.74, 6) is 3.05. The van der Waals surface area contributed by atoms with Gasteiger partial charge in [0.05, 0.1) is 87.9 Å². The zero-order valence-corrected chi connectivity index (χ0v) is 79.6. The molecule has 43 heteroatoms. The summed E-state index contributed by atoms with van der Waals surface area (Å²) in [7, 11) is 2.90. The van der Waals surface area contributed by atoms with E-state index in [1.807, 2.05) is 58.7 Å². The molecule has 20 rings (SSSR count). The van der Waals surface area contributed by atoms with E-state index in [1.54, 1.807) is 151 Å². The van der Waals surface area contributed by atoms with Crippen molar-refractivity contribution in [1.82, 2.24) is 123 Å². The highest BCUT2D eigenvalue weighted by Crippen LogP contribution is 2.38. The highest BCUT2D eigenvalue weighted by Gasteiger charge is 2.28. The molecule has 0 spiro atoms. The molecule has 20 heterocycles. The number of aryl methyl sites for hydroxylation is 4. The summed E-state index contributed by atoms with van der Waals surface area (Å²) < 4.78 is 90.3. The van der Waals surface area contributed by atoms with Crippen molar-refractivity contribution in [2.75, 3.05) is 57.5 Å². The lowest BCUT2D eigenvalue weighted by Crippen LogP contribution is -2.33. The first-order valence-electron chi connectivity index (χ1n) is 43.7. The summed E-state index contributed by atoms with van der Waals surface area (Å²) in [6.45, 7) is 28.0. The Morgan fingerprint density at radius 2 is 0.857 bits per heavy atom. The van der Waals surface area contributed by atoms with Crippen LogP contribution < -0.4 is 36.0 Å². The van der Waals surface area contributed by atoms with E-state index in [4.69, 9.17) is 65.8 Å². The summed E-state index contributed by atoms with van der Waals surface area (Å²) in [6, 6.07) is 23.5. The summed E-state index contributed by atoms with van der Waals surface area (Å²) in [5.41, 5.74) is 20.3. The molecule has 3 aliphatic rings. The maximum Gasteiger partial charge on any atom is 0.493 e. The van der Waals surface area contributed by atoms with Crippen LogP contribution in [-0.2, 0) is 14.2 Å². The van der Waals surface area contributed by atoms with Crippen LogP contribution in [-0.4, -0.2) is 182 Å². The topological polar surface area (TPSA) is 447 Å². The third-order valence-electron chi connectivity index (χ3n) is 21.0. The van der Waals surface area contributed by atoms with Gasteiger partial charge in [0.2, 0.25) is 41.4 Å². The summed E-state index contributed by atoms with van der Waals surface area (Å²) in [4.78, 5) is 92.0. The molecule has 0 aromatic carbocycles. The Labute approximate surface area is 815 Å². The Bertz CT molecular complexity index is 7080. The minimum Gasteiger partial charge on any atom is -0.481 e. The second kappa shape index (κ2) is 49.4. The number of aromatic amines is 1. The number of halogens is 6. The zero-order valence-electron chi connectivity index (χ0n) is 77.2. The Hall–Kier alpha value is -15.6. The number of rotatable bonds is 19. The number of nitrogens with two attached hydrogens (primary N) is 1. The fourth-order valence-corrected chi connectivity index (χ4v) is 14.6. The second-order valence-corrected chi connectivity index (χ2v) is 32.0. The van der Waals surface area contributed by atoms with Crippen molar-refractivity contribution in [2.24, 2.45) is 0 Å². The van der Waals surface area contributed by atoms with E-state index in [-0.39, 0.29) is 24.1 Å². The third-order valence-corrected chi connectivity index (χ3v) is 21.7. The Morgan fingerprint density at radius 1 is 0.443 bits per heavy atom. The third kappa shape index (κ3) is 26.8. The molecule has 3 atom stereocenters. The van der Waals surface area contributed by atoms with Crippen LogP contribution in [0.4, 0.5) is 46.3 Å². The van der Waals surface area contributed by atoms with Crippen molar-refractivity contribution >= 4 is 144 Å². The van der Waals surface area contributed by atoms with E-state index < -0.39 is 30.9 Å². The van der Waals surface area contributed by atoms with E-state index in [0.717, 1.165) is 143 Å². The van der Waals surface area contributed by atoms with Gasteiger partial charge >= 0.3 is 7.12 Å². The maximum absolute atomic E-state index is 14.3. The Morgan fingerprint density at radius 3 is 1.29 bits per heavy atom. The molecular weight excluding hydrogens is 1890 g/mol. The zero-order chi connectivity index (χ0) is 99.3. The highest BCUT2D eigenvalue weighted by molar-refractivity contribution is 9.10. The van der Waals surface area contributed by atoms with Crippen molar-refractivity contribution in [2.45, 2.75) is 104 Å². The molecule has 0 radical (unpaired) electrons. The predicted octanol–water partition coefficient (Wildman–Crippen LogP) is 18.4. The molecule has 17 aromatic heterocycles. The molecule has 17 aromatic rings. The molecule has 7 N–H and O–H groups in total. The lowest BCUT2D eigenvalue weighted by Gasteiger charge is -2.23. The number of fused-ring (bicyclic) bond motifs is 4. The van der Waals surface area contributed by atoms with E-state index in [2.05, 4.69) is 159 Å². The molecule has 0 saturated carbocycles. The van der Waals surface area contributed by atoms with Crippen molar-refractivity contribution < 1.29 is 56.0 Å². The number of nitrogens with one attached hydrogen (secondary N) is 3. The standard InChI is InChI=1S/C24H25N7O2.C19H17N7O.C18H18FN5O.C11H13ClN4O.C7H7BFNO2.C7H6FN.C6H8N2O.C5H3BrFN/c1-4-16-11-18(23(26-12-16)30-17-8-9-19(32-3)25-13-17)21-22-24(29-15(2)28-21)31(14-27-22)20-7-5-6-10-33-20;1-4-12-7-14(16-17-19(23-10-22-17)25-11(2)24-16)18(21-8-12)26-13-5-6-15(27-3)20-9-13;1-3-12-8-13(17(19)20-9-12)15-16-18(23-11(2)22-15)24(10-21-16)14-6-4-5-7-25-14;1-7-14-10(12)9-11(15-7)16(6-13-9)8-4-2-3-5-17-8;1-2-5-3-6(8(11)12)7(9)10-4-5;1-2-6-3-4-7(8)9-5-6;1-9-6-3-2-5(7)4-8-6;6-4-1-2-5(7)8-3-4/h4,8-9,11-14,20H,1,5-7,10H2,2-3H3,(H,26,30);4-10H,1H2,2-3H3,(H,21,26)(H,22,23,24,25);3,8-10,14H,1,4-7H2,2H3;6,8H,2-5H2,1H3;2-4,11-12H,1H2;2-5H,1H2;2-4H,7H2,1H3;1-3H. The first-order valence-corrected chi connectivity index (χ1v) is 44.8. The van der Waals surface area contributed by atoms with Crippen LogP contribution in [0.3, 0.4) is 0 Å². The molecular formula is C97H97BBrClF4N28O8. The van der Waals surface area contributed by atoms with E-state index in [9.17, 15) is 17.6 Å². The van der Waals surface area contributed by atoms with Gasteiger partial charge in [-0.1, -0.05) is 74.9 Å². The van der Waals surface area contributed by atoms with Crippen LogP contribution in [0.1, 0.15) is 128 Å². The number of hydrogen-bond donors (Lipinski definition) is 6. The smallest absolute Gasteiger partial charge is 0.481 e. The van der Waals surface area contributed by atoms with Crippen LogP contribution in [0.15, 0.2) is 203 Å². The summed E-state index contributed by atoms with van der Waals surface area (Å²) in [6.07, 6.45) is 38.4. The number of aromatic nitrogens is 25. The van der Waals surface area contributed by atoms with Crippen LogP contribution in [0, 0.1) is 51.5 Å². The van der Waals surface area contributed by atoms with Crippen LogP contribution in [0.5, 0.6) is 17.6 Å². The monoisotopic (exact) mass is 1980 g/mol. The fraction of sp³-hybridized carbons (Fsp3) is 0.227. The first-order chi connectivity index (χ1) is 67.8. The van der Waals surface area contributed by atoms with Gasteiger partial charge in [0.1, 0.15) is 92.8 Å². The van der Waals surface area contributed by atoms with Gasteiger partial charge in [-0.2, -0.15) is 17.6 Å². The molecule has 140 heavy (non-hydrogen) atoms. The molecule has 0 aliphatic carbocycles. The van der Waals surface area contributed by atoms with Crippen molar-refractivity contribution in [3.63, 3.8) is 0 Å². The molecule has 0 amide bonds. The highest BCUT2D eigenvalue weighted by atomic mass is 79.9. The average Bonchev–Trinajstić information content (AvgIpc) is 1.63. The molecule has 718 valence electrons. The number of H-pyrrole nitrogens is 1.